The van der Waals surface area contributed by atoms with E-state index in [1.165, 1.54) is 6.42 Å². The molecule has 2 aromatic rings. The van der Waals surface area contributed by atoms with Gasteiger partial charge in [0, 0.05) is 24.7 Å². The largest absolute Gasteiger partial charge is 0.392 e. The standard InChI is InChI=1S/C18H28N6O/c1-3-19-17(21-13-18(2)10-6-4-8-14(18)25)20-12-16-23-22-15-9-5-7-11-24(15)16/h5,7,9,11,14,25H,3-4,6,8,10,12-13H2,1-2H3,(H2,19,20,21). The molecule has 0 aromatic carbocycles. The van der Waals surface area contributed by atoms with E-state index in [0.29, 0.717) is 13.1 Å². The Bertz CT molecular complexity index is 727. The summed E-state index contributed by atoms with van der Waals surface area (Å²) in [5.74, 6) is 1.55. The third-order valence-electron chi connectivity index (χ3n) is 5.05. The lowest BCUT2D eigenvalue weighted by Crippen LogP contribution is -2.48. The first-order valence-corrected chi connectivity index (χ1v) is 9.11. The van der Waals surface area contributed by atoms with Crippen LogP contribution in [0.1, 0.15) is 45.4 Å². The maximum absolute atomic E-state index is 10.3. The molecule has 0 saturated heterocycles. The molecule has 1 saturated carbocycles. The van der Waals surface area contributed by atoms with Crippen LogP contribution in [0.25, 0.3) is 5.65 Å². The minimum Gasteiger partial charge on any atom is -0.392 e. The number of hydrogen-bond donors (Lipinski definition) is 3. The summed E-state index contributed by atoms with van der Waals surface area (Å²) in [6.45, 7) is 6.13. The van der Waals surface area contributed by atoms with Gasteiger partial charge >= 0.3 is 0 Å². The number of aromatic nitrogens is 3. The van der Waals surface area contributed by atoms with Gasteiger partial charge in [0.15, 0.2) is 17.4 Å². The Hall–Kier alpha value is -2.15. The normalized spacial score (nSPS) is 24.4. The van der Waals surface area contributed by atoms with Crippen molar-refractivity contribution in [2.24, 2.45) is 10.4 Å². The Kier molecular flexibility index (Phi) is 5.53. The van der Waals surface area contributed by atoms with Gasteiger partial charge in [-0.15, -0.1) is 10.2 Å². The maximum Gasteiger partial charge on any atom is 0.191 e. The quantitative estimate of drug-likeness (QED) is 0.568. The van der Waals surface area contributed by atoms with Gasteiger partial charge in [-0.25, -0.2) is 4.99 Å². The molecule has 0 spiro atoms. The second-order valence-electron chi connectivity index (χ2n) is 7.01. The van der Waals surface area contributed by atoms with Gasteiger partial charge in [-0.2, -0.15) is 0 Å². The van der Waals surface area contributed by atoms with Crippen LogP contribution in [0.5, 0.6) is 0 Å². The van der Waals surface area contributed by atoms with Gasteiger partial charge < -0.3 is 15.7 Å². The lowest BCUT2D eigenvalue weighted by atomic mass is 9.73. The first kappa shape index (κ1) is 17.7. The monoisotopic (exact) mass is 344 g/mol. The Labute approximate surface area is 148 Å². The van der Waals surface area contributed by atoms with E-state index in [4.69, 9.17) is 0 Å². The van der Waals surface area contributed by atoms with Crippen LogP contribution in [-0.4, -0.2) is 44.9 Å². The van der Waals surface area contributed by atoms with Crippen molar-refractivity contribution in [3.05, 3.63) is 30.2 Å². The first-order valence-electron chi connectivity index (χ1n) is 9.11. The van der Waals surface area contributed by atoms with E-state index in [1.54, 1.807) is 0 Å². The summed E-state index contributed by atoms with van der Waals surface area (Å²) < 4.78 is 1.94. The maximum atomic E-state index is 10.3. The molecule has 1 aliphatic rings. The van der Waals surface area contributed by atoms with Crippen LogP contribution >= 0.6 is 0 Å². The minimum atomic E-state index is -0.253. The highest BCUT2D eigenvalue weighted by molar-refractivity contribution is 5.79. The molecular formula is C18H28N6O. The Morgan fingerprint density at radius 1 is 1.36 bits per heavy atom. The molecule has 1 fully saturated rings. The molecule has 0 radical (unpaired) electrons. The molecule has 2 heterocycles. The van der Waals surface area contributed by atoms with E-state index in [9.17, 15) is 5.11 Å². The number of hydrogen-bond acceptors (Lipinski definition) is 4. The van der Waals surface area contributed by atoms with Crippen molar-refractivity contribution in [3.63, 3.8) is 0 Å². The molecule has 7 nitrogen and oxygen atoms in total. The fourth-order valence-corrected chi connectivity index (χ4v) is 3.36. The van der Waals surface area contributed by atoms with E-state index >= 15 is 0 Å². The smallest absolute Gasteiger partial charge is 0.191 e. The van der Waals surface area contributed by atoms with Crippen LogP contribution in [0.15, 0.2) is 29.4 Å². The SMILES string of the molecule is CCNC(=NCc1nnc2ccccn12)NCC1(C)CCCCC1O. The van der Waals surface area contributed by atoms with Gasteiger partial charge in [0.2, 0.25) is 0 Å². The fraction of sp³-hybridized carbons (Fsp3) is 0.611. The lowest BCUT2D eigenvalue weighted by molar-refractivity contribution is 0.00397. The summed E-state index contributed by atoms with van der Waals surface area (Å²) in [6.07, 6.45) is 5.91. The predicted molar refractivity (Wildman–Crippen MR) is 98.4 cm³/mol. The summed E-state index contributed by atoms with van der Waals surface area (Å²) in [5.41, 5.74) is 0.721. The lowest BCUT2D eigenvalue weighted by Gasteiger charge is -2.38. The molecule has 3 N–H and O–H groups in total. The number of pyridine rings is 1. The molecule has 2 atom stereocenters. The number of guanidine groups is 1. The molecular weight excluding hydrogens is 316 g/mol. The number of aliphatic hydroxyl groups excluding tert-OH is 1. The van der Waals surface area contributed by atoms with E-state index in [2.05, 4.69) is 32.7 Å². The van der Waals surface area contributed by atoms with Crippen molar-refractivity contribution in [1.82, 2.24) is 25.2 Å². The number of fused-ring (bicyclic) bond motifs is 1. The van der Waals surface area contributed by atoms with Crippen molar-refractivity contribution in [2.45, 2.75) is 52.2 Å². The van der Waals surface area contributed by atoms with Crippen LogP contribution in [0.4, 0.5) is 0 Å². The zero-order valence-corrected chi connectivity index (χ0v) is 15.1. The Morgan fingerprint density at radius 3 is 3.04 bits per heavy atom. The summed E-state index contributed by atoms with van der Waals surface area (Å²) in [6, 6.07) is 5.83. The summed E-state index contributed by atoms with van der Waals surface area (Å²) in [7, 11) is 0. The Balaban J connectivity index is 1.67. The van der Waals surface area contributed by atoms with Gasteiger partial charge in [0.1, 0.15) is 6.54 Å². The summed E-state index contributed by atoms with van der Waals surface area (Å²) >= 11 is 0. The van der Waals surface area contributed by atoms with Crippen molar-refractivity contribution in [3.8, 4) is 0 Å². The van der Waals surface area contributed by atoms with Crippen molar-refractivity contribution in [1.29, 1.82) is 0 Å². The topological polar surface area (TPSA) is 86.8 Å². The van der Waals surface area contributed by atoms with Crippen molar-refractivity contribution < 1.29 is 5.11 Å². The second-order valence-corrected chi connectivity index (χ2v) is 7.01. The highest BCUT2D eigenvalue weighted by atomic mass is 16.3. The number of nitrogens with one attached hydrogen (secondary N) is 2. The van der Waals surface area contributed by atoms with Gasteiger partial charge in [-0.05, 0) is 31.9 Å². The molecule has 7 heteroatoms. The van der Waals surface area contributed by atoms with Crippen LogP contribution in [0, 0.1) is 5.41 Å². The first-order chi connectivity index (χ1) is 12.1. The van der Waals surface area contributed by atoms with Crippen molar-refractivity contribution >= 4 is 11.6 Å². The van der Waals surface area contributed by atoms with Crippen LogP contribution in [0.3, 0.4) is 0 Å². The minimum absolute atomic E-state index is 0.101. The van der Waals surface area contributed by atoms with Crippen LogP contribution in [-0.2, 0) is 6.54 Å². The molecule has 0 aliphatic heterocycles. The average Bonchev–Trinajstić information content (AvgIpc) is 3.03. The van der Waals surface area contributed by atoms with Crippen LogP contribution < -0.4 is 10.6 Å². The summed E-state index contributed by atoms with van der Waals surface area (Å²) in [5, 5.41) is 25.4. The Morgan fingerprint density at radius 2 is 2.24 bits per heavy atom. The van der Waals surface area contributed by atoms with Gasteiger partial charge in [0.05, 0.1) is 6.10 Å². The average molecular weight is 344 g/mol. The fourth-order valence-electron chi connectivity index (χ4n) is 3.36. The number of nitrogens with zero attached hydrogens (tertiary/aromatic N) is 4. The molecule has 2 aromatic heterocycles. The number of rotatable bonds is 5. The molecule has 25 heavy (non-hydrogen) atoms. The van der Waals surface area contributed by atoms with E-state index in [-0.39, 0.29) is 11.5 Å². The zero-order valence-electron chi connectivity index (χ0n) is 15.1. The van der Waals surface area contributed by atoms with Crippen LogP contribution in [0.2, 0.25) is 0 Å². The number of aliphatic hydroxyl groups is 1. The van der Waals surface area contributed by atoms with E-state index < -0.39 is 0 Å². The van der Waals surface area contributed by atoms with Gasteiger partial charge in [-0.3, -0.25) is 4.40 Å². The van der Waals surface area contributed by atoms with Gasteiger partial charge in [0.25, 0.3) is 0 Å². The molecule has 3 rings (SSSR count). The van der Waals surface area contributed by atoms with E-state index in [0.717, 1.165) is 43.2 Å². The van der Waals surface area contributed by atoms with Crippen molar-refractivity contribution in [2.75, 3.05) is 13.1 Å². The van der Waals surface area contributed by atoms with Gasteiger partial charge in [-0.1, -0.05) is 25.8 Å². The highest BCUT2D eigenvalue weighted by Gasteiger charge is 2.35. The third-order valence-corrected chi connectivity index (χ3v) is 5.05. The third kappa shape index (κ3) is 4.10. The number of aliphatic imine (C=N–C) groups is 1. The van der Waals surface area contributed by atoms with E-state index in [1.807, 2.05) is 35.7 Å². The zero-order chi connectivity index (χ0) is 17.7. The molecule has 2 unspecified atom stereocenters. The molecule has 1 aliphatic carbocycles. The second kappa shape index (κ2) is 7.82. The molecule has 0 amide bonds. The molecule has 0 bridgehead atoms. The summed E-state index contributed by atoms with van der Waals surface area (Å²) in [4.78, 5) is 4.64. The molecule has 136 valence electrons. The predicted octanol–water partition coefficient (Wildman–Crippen LogP) is 1.73. The highest BCUT2D eigenvalue weighted by Crippen LogP contribution is 2.35.